The van der Waals surface area contributed by atoms with Gasteiger partial charge in [-0.15, -0.1) is 0 Å². The number of benzene rings is 2. The van der Waals surface area contributed by atoms with Crippen LogP contribution < -0.4 is 4.74 Å². The predicted molar refractivity (Wildman–Crippen MR) is 99.7 cm³/mol. The Balaban J connectivity index is 1.68. The minimum Gasteiger partial charge on any atom is -0.489 e. The van der Waals surface area contributed by atoms with Gasteiger partial charge in [-0.1, -0.05) is 53.6 Å². The quantitative estimate of drug-likeness (QED) is 0.678. The lowest BCUT2D eigenvalue weighted by atomic mass is 10.2. The zero-order valence-corrected chi connectivity index (χ0v) is 14.9. The Bertz CT molecular complexity index is 714. The van der Waals surface area contributed by atoms with Crippen molar-refractivity contribution in [3.05, 3.63) is 63.6 Å². The molecule has 1 fully saturated rings. The first-order valence-electron chi connectivity index (χ1n) is 7.59. The van der Waals surface area contributed by atoms with Gasteiger partial charge >= 0.3 is 0 Å². The van der Waals surface area contributed by atoms with E-state index in [1.807, 2.05) is 36.4 Å². The summed E-state index contributed by atoms with van der Waals surface area (Å²) in [7, 11) is 0. The van der Waals surface area contributed by atoms with Crippen LogP contribution in [0.15, 0.2) is 42.5 Å². The molecule has 2 nitrogen and oxygen atoms in total. The van der Waals surface area contributed by atoms with E-state index in [9.17, 15) is 0 Å². The van der Waals surface area contributed by atoms with Gasteiger partial charge in [0.1, 0.15) is 17.3 Å². The summed E-state index contributed by atoms with van der Waals surface area (Å²) >= 11 is 17.7. The first kappa shape index (κ1) is 16.6. The van der Waals surface area contributed by atoms with Gasteiger partial charge in [-0.3, -0.25) is 0 Å². The Morgan fingerprint density at radius 2 is 1.87 bits per heavy atom. The summed E-state index contributed by atoms with van der Waals surface area (Å²) in [5.41, 5.74) is 1.94. The van der Waals surface area contributed by atoms with Crippen LogP contribution in [0, 0.1) is 0 Å². The molecule has 2 aromatic carbocycles. The van der Waals surface area contributed by atoms with Gasteiger partial charge in [0.05, 0.1) is 0 Å². The SMILES string of the molecule is S=C(c1cccc(OCc2ccc(Cl)cc2Cl)c1)N1CCCC1. The molecular formula is C18H17Cl2NOS. The fourth-order valence-corrected chi connectivity index (χ4v) is 3.39. The predicted octanol–water partition coefficient (Wildman–Crippen LogP) is 5.34. The van der Waals surface area contributed by atoms with Gasteiger partial charge in [-0.05, 0) is 37.1 Å². The van der Waals surface area contributed by atoms with Crippen LogP contribution in [0.2, 0.25) is 10.0 Å². The molecule has 0 spiro atoms. The number of hydrogen-bond acceptors (Lipinski definition) is 2. The zero-order valence-electron chi connectivity index (χ0n) is 12.6. The van der Waals surface area contributed by atoms with E-state index in [1.54, 1.807) is 6.07 Å². The third-order valence-electron chi connectivity index (χ3n) is 3.88. The molecule has 0 unspecified atom stereocenters. The molecule has 0 bridgehead atoms. The Kier molecular flexibility index (Phi) is 5.42. The summed E-state index contributed by atoms with van der Waals surface area (Å²) in [6.07, 6.45) is 2.43. The molecule has 1 saturated heterocycles. The molecule has 0 amide bonds. The van der Waals surface area contributed by atoms with Crippen molar-refractivity contribution in [2.24, 2.45) is 0 Å². The van der Waals surface area contributed by atoms with E-state index in [4.69, 9.17) is 40.2 Å². The van der Waals surface area contributed by atoms with Gasteiger partial charge in [0.15, 0.2) is 0 Å². The summed E-state index contributed by atoms with van der Waals surface area (Å²) in [5.74, 6) is 0.787. The molecule has 0 radical (unpaired) electrons. The van der Waals surface area contributed by atoms with E-state index in [1.165, 1.54) is 12.8 Å². The van der Waals surface area contributed by atoms with Crippen molar-refractivity contribution in [2.75, 3.05) is 13.1 Å². The number of ether oxygens (including phenoxy) is 1. The Morgan fingerprint density at radius 3 is 2.61 bits per heavy atom. The molecule has 1 heterocycles. The molecule has 0 N–H and O–H groups in total. The van der Waals surface area contributed by atoms with Crippen molar-refractivity contribution < 1.29 is 4.74 Å². The molecule has 0 aromatic heterocycles. The lowest BCUT2D eigenvalue weighted by molar-refractivity contribution is 0.306. The van der Waals surface area contributed by atoms with Gasteiger partial charge in [-0.2, -0.15) is 0 Å². The standard InChI is InChI=1S/C18H17Cl2NOS/c19-15-7-6-14(17(20)11-15)12-22-16-5-3-4-13(10-16)18(23)21-8-1-2-9-21/h3-7,10-11H,1-2,8-9,12H2. The Labute approximate surface area is 152 Å². The summed E-state index contributed by atoms with van der Waals surface area (Å²) in [6, 6.07) is 13.3. The average molecular weight is 366 g/mol. The summed E-state index contributed by atoms with van der Waals surface area (Å²) in [6.45, 7) is 2.49. The monoisotopic (exact) mass is 365 g/mol. The van der Waals surface area contributed by atoms with E-state index < -0.39 is 0 Å². The van der Waals surface area contributed by atoms with Crippen LogP contribution in [-0.2, 0) is 6.61 Å². The highest BCUT2D eigenvalue weighted by Gasteiger charge is 2.16. The fraction of sp³-hybridized carbons (Fsp3) is 0.278. The van der Waals surface area contributed by atoms with E-state index in [0.29, 0.717) is 16.7 Å². The molecule has 23 heavy (non-hydrogen) atoms. The minimum absolute atomic E-state index is 0.399. The first-order chi connectivity index (χ1) is 11.1. The third-order valence-corrected chi connectivity index (χ3v) is 4.96. The van der Waals surface area contributed by atoms with Gasteiger partial charge in [-0.25, -0.2) is 0 Å². The third kappa shape index (κ3) is 4.17. The molecule has 0 saturated carbocycles. The second-order valence-corrected chi connectivity index (χ2v) is 6.78. The van der Waals surface area contributed by atoms with Crippen molar-refractivity contribution in [1.82, 2.24) is 4.90 Å². The summed E-state index contributed by atoms with van der Waals surface area (Å²) < 4.78 is 5.86. The lowest BCUT2D eigenvalue weighted by Gasteiger charge is -2.19. The Morgan fingerprint density at radius 1 is 1.09 bits per heavy atom. The van der Waals surface area contributed by atoms with Gasteiger partial charge < -0.3 is 9.64 Å². The number of halogens is 2. The fourth-order valence-electron chi connectivity index (χ4n) is 2.62. The molecule has 5 heteroatoms. The first-order valence-corrected chi connectivity index (χ1v) is 8.76. The van der Waals surface area contributed by atoms with Crippen LogP contribution in [0.25, 0.3) is 0 Å². The maximum atomic E-state index is 6.17. The Hall–Kier alpha value is -1.29. The van der Waals surface area contributed by atoms with Gasteiger partial charge in [0.2, 0.25) is 0 Å². The van der Waals surface area contributed by atoms with Crippen molar-refractivity contribution >= 4 is 40.4 Å². The van der Waals surface area contributed by atoms with Crippen molar-refractivity contribution in [2.45, 2.75) is 19.4 Å². The normalized spacial score (nSPS) is 14.1. The van der Waals surface area contributed by atoms with E-state index in [-0.39, 0.29) is 0 Å². The van der Waals surface area contributed by atoms with Crippen LogP contribution in [-0.4, -0.2) is 23.0 Å². The largest absolute Gasteiger partial charge is 0.489 e. The van der Waals surface area contributed by atoms with E-state index in [2.05, 4.69) is 4.90 Å². The highest BCUT2D eigenvalue weighted by Crippen LogP contribution is 2.24. The molecule has 3 rings (SSSR count). The van der Waals surface area contributed by atoms with Crippen molar-refractivity contribution in [3.8, 4) is 5.75 Å². The summed E-state index contributed by atoms with van der Waals surface area (Å²) in [4.78, 5) is 3.15. The molecule has 0 aliphatic carbocycles. The average Bonchev–Trinajstić information content (AvgIpc) is 3.08. The van der Waals surface area contributed by atoms with Crippen LogP contribution in [0.1, 0.15) is 24.0 Å². The number of nitrogens with zero attached hydrogens (tertiary/aromatic N) is 1. The number of likely N-dealkylation sites (tertiary alicyclic amines) is 1. The van der Waals surface area contributed by atoms with Gasteiger partial charge in [0, 0.05) is 34.3 Å². The molecule has 2 aromatic rings. The second kappa shape index (κ2) is 7.52. The maximum absolute atomic E-state index is 6.17. The second-order valence-electron chi connectivity index (χ2n) is 5.55. The van der Waals surface area contributed by atoms with Crippen LogP contribution in [0.3, 0.4) is 0 Å². The molecule has 120 valence electrons. The molecule has 0 atom stereocenters. The number of thiocarbonyl (C=S) groups is 1. The maximum Gasteiger partial charge on any atom is 0.120 e. The van der Waals surface area contributed by atoms with E-state index >= 15 is 0 Å². The number of hydrogen-bond donors (Lipinski definition) is 0. The highest BCUT2D eigenvalue weighted by molar-refractivity contribution is 7.80. The number of rotatable bonds is 4. The van der Waals surface area contributed by atoms with E-state index in [0.717, 1.165) is 35.0 Å². The van der Waals surface area contributed by atoms with Crippen LogP contribution in [0.5, 0.6) is 5.75 Å². The minimum atomic E-state index is 0.399. The van der Waals surface area contributed by atoms with Crippen LogP contribution >= 0.6 is 35.4 Å². The van der Waals surface area contributed by atoms with Crippen molar-refractivity contribution in [1.29, 1.82) is 0 Å². The topological polar surface area (TPSA) is 12.5 Å². The van der Waals surface area contributed by atoms with Crippen molar-refractivity contribution in [3.63, 3.8) is 0 Å². The van der Waals surface area contributed by atoms with Crippen LogP contribution in [0.4, 0.5) is 0 Å². The lowest BCUT2D eigenvalue weighted by Crippen LogP contribution is -2.26. The van der Waals surface area contributed by atoms with Gasteiger partial charge in [0.25, 0.3) is 0 Å². The zero-order chi connectivity index (χ0) is 16.2. The molecule has 1 aliphatic rings. The smallest absolute Gasteiger partial charge is 0.120 e. The molecule has 1 aliphatic heterocycles. The molecular weight excluding hydrogens is 349 g/mol. The summed E-state index contributed by atoms with van der Waals surface area (Å²) in [5, 5.41) is 1.23. The highest BCUT2D eigenvalue weighted by atomic mass is 35.5.